The molecule has 2 aromatic carbocycles. The Morgan fingerprint density at radius 1 is 1.29 bits per heavy atom. The van der Waals surface area contributed by atoms with Crippen LogP contribution in [0.5, 0.6) is 0 Å². The second kappa shape index (κ2) is 6.26. The molecule has 3 N–H and O–H groups in total. The summed E-state index contributed by atoms with van der Waals surface area (Å²) in [4.78, 5) is 13.5. The number of nitrogen functional groups attached to an aromatic ring is 1. The van der Waals surface area contributed by atoms with Gasteiger partial charge in [0.1, 0.15) is 5.82 Å². The van der Waals surface area contributed by atoms with Crippen LogP contribution in [-0.2, 0) is 4.79 Å². The first kappa shape index (κ1) is 14.8. The summed E-state index contributed by atoms with van der Waals surface area (Å²) >= 11 is 0. The van der Waals surface area contributed by atoms with E-state index in [9.17, 15) is 9.18 Å². The third-order valence-corrected chi connectivity index (χ3v) is 3.21. The third-order valence-electron chi connectivity index (χ3n) is 3.21. The monoisotopic (exact) mass is 287 g/mol. The van der Waals surface area contributed by atoms with Crippen LogP contribution in [0.4, 0.5) is 21.5 Å². The molecule has 0 saturated carbocycles. The van der Waals surface area contributed by atoms with Crippen molar-refractivity contribution in [1.29, 1.82) is 0 Å². The molecular weight excluding hydrogens is 269 g/mol. The van der Waals surface area contributed by atoms with E-state index in [0.29, 0.717) is 17.1 Å². The average molecular weight is 287 g/mol. The molecule has 0 aliphatic carbocycles. The van der Waals surface area contributed by atoms with E-state index < -0.39 is 0 Å². The molecular formula is C16H18FN3O. The SMILES string of the molecule is Cc1ccc(NC(=O)CN(C)c2ccccc2F)cc1N. The van der Waals surface area contributed by atoms with Crippen molar-refractivity contribution in [2.45, 2.75) is 6.92 Å². The summed E-state index contributed by atoms with van der Waals surface area (Å²) in [5.74, 6) is -0.587. The number of para-hydroxylation sites is 1. The number of hydrogen-bond donors (Lipinski definition) is 2. The number of anilines is 3. The first-order chi connectivity index (χ1) is 9.97. The molecule has 4 nitrogen and oxygen atoms in total. The number of halogens is 1. The Hall–Kier alpha value is -2.56. The molecule has 2 aromatic rings. The van der Waals surface area contributed by atoms with Gasteiger partial charge in [0.2, 0.25) is 5.91 Å². The van der Waals surface area contributed by atoms with Gasteiger partial charge in [-0.15, -0.1) is 0 Å². The zero-order valence-corrected chi connectivity index (χ0v) is 12.1. The van der Waals surface area contributed by atoms with Crippen molar-refractivity contribution in [3.63, 3.8) is 0 Å². The van der Waals surface area contributed by atoms with Gasteiger partial charge in [-0.05, 0) is 36.8 Å². The number of benzene rings is 2. The first-order valence-electron chi connectivity index (χ1n) is 6.59. The second-order valence-corrected chi connectivity index (χ2v) is 4.93. The van der Waals surface area contributed by atoms with Gasteiger partial charge in [-0.1, -0.05) is 18.2 Å². The number of amides is 1. The number of nitrogens with two attached hydrogens (primary N) is 1. The summed E-state index contributed by atoms with van der Waals surface area (Å²) < 4.78 is 13.6. The van der Waals surface area contributed by atoms with E-state index in [2.05, 4.69) is 5.32 Å². The predicted molar refractivity (Wildman–Crippen MR) is 83.9 cm³/mol. The van der Waals surface area contributed by atoms with Crippen LogP contribution < -0.4 is 16.0 Å². The fourth-order valence-electron chi connectivity index (χ4n) is 1.98. The number of likely N-dealkylation sites (N-methyl/N-ethyl adjacent to an activating group) is 1. The van der Waals surface area contributed by atoms with Crippen LogP contribution in [-0.4, -0.2) is 19.5 Å². The number of carbonyl (C=O) groups is 1. The van der Waals surface area contributed by atoms with Crippen molar-refractivity contribution < 1.29 is 9.18 Å². The fourth-order valence-corrected chi connectivity index (χ4v) is 1.98. The molecule has 110 valence electrons. The molecule has 0 atom stereocenters. The molecule has 5 heteroatoms. The van der Waals surface area contributed by atoms with Crippen molar-refractivity contribution in [2.24, 2.45) is 0 Å². The van der Waals surface area contributed by atoms with Crippen LogP contribution >= 0.6 is 0 Å². The van der Waals surface area contributed by atoms with Gasteiger partial charge in [-0.25, -0.2) is 4.39 Å². The lowest BCUT2D eigenvalue weighted by atomic mass is 10.2. The number of nitrogens with zero attached hydrogens (tertiary/aromatic N) is 1. The van der Waals surface area contributed by atoms with E-state index in [4.69, 9.17) is 5.73 Å². The fraction of sp³-hybridized carbons (Fsp3) is 0.188. The molecule has 0 aliphatic rings. The molecule has 0 fully saturated rings. The summed E-state index contributed by atoms with van der Waals surface area (Å²) in [5, 5.41) is 2.75. The Kier molecular flexibility index (Phi) is 4.42. The number of aryl methyl sites for hydroxylation is 1. The molecule has 0 aliphatic heterocycles. The highest BCUT2D eigenvalue weighted by Crippen LogP contribution is 2.18. The van der Waals surface area contributed by atoms with E-state index in [1.165, 1.54) is 6.07 Å². The number of carbonyl (C=O) groups excluding carboxylic acids is 1. The molecule has 0 saturated heterocycles. The molecule has 0 heterocycles. The zero-order valence-electron chi connectivity index (χ0n) is 12.1. The van der Waals surface area contributed by atoms with Gasteiger partial charge in [0.25, 0.3) is 0 Å². The molecule has 2 rings (SSSR count). The van der Waals surface area contributed by atoms with Gasteiger partial charge >= 0.3 is 0 Å². The normalized spacial score (nSPS) is 10.2. The molecule has 0 unspecified atom stereocenters. The van der Waals surface area contributed by atoms with Crippen LogP contribution in [0.25, 0.3) is 0 Å². The number of hydrogen-bond acceptors (Lipinski definition) is 3. The van der Waals surface area contributed by atoms with Crippen molar-refractivity contribution in [3.05, 3.63) is 53.8 Å². The highest BCUT2D eigenvalue weighted by Gasteiger charge is 2.11. The summed E-state index contributed by atoms with van der Waals surface area (Å²) in [6, 6.07) is 11.7. The molecule has 0 radical (unpaired) electrons. The maximum absolute atomic E-state index is 13.6. The third kappa shape index (κ3) is 3.72. The Bertz CT molecular complexity index is 658. The topological polar surface area (TPSA) is 58.4 Å². The minimum Gasteiger partial charge on any atom is -0.398 e. The molecule has 21 heavy (non-hydrogen) atoms. The number of nitrogens with one attached hydrogen (secondary N) is 1. The van der Waals surface area contributed by atoms with E-state index in [-0.39, 0.29) is 18.3 Å². The molecule has 0 aromatic heterocycles. The van der Waals surface area contributed by atoms with E-state index >= 15 is 0 Å². The standard InChI is InChI=1S/C16H18FN3O/c1-11-7-8-12(9-14(11)18)19-16(21)10-20(2)15-6-4-3-5-13(15)17/h3-9H,10,18H2,1-2H3,(H,19,21). The molecule has 0 bridgehead atoms. The predicted octanol–water partition coefficient (Wildman–Crippen LogP) is 2.79. The van der Waals surface area contributed by atoms with Crippen molar-refractivity contribution in [2.75, 3.05) is 29.5 Å². The lowest BCUT2D eigenvalue weighted by molar-refractivity contribution is -0.114. The van der Waals surface area contributed by atoms with E-state index in [1.54, 1.807) is 42.3 Å². The van der Waals surface area contributed by atoms with Gasteiger partial charge < -0.3 is 16.0 Å². The van der Waals surface area contributed by atoms with Crippen LogP contribution in [0.15, 0.2) is 42.5 Å². The first-order valence-corrected chi connectivity index (χ1v) is 6.59. The van der Waals surface area contributed by atoms with Crippen molar-refractivity contribution >= 4 is 23.0 Å². The van der Waals surface area contributed by atoms with E-state index in [0.717, 1.165) is 5.56 Å². The van der Waals surface area contributed by atoms with Crippen LogP contribution in [0.1, 0.15) is 5.56 Å². The highest BCUT2D eigenvalue weighted by atomic mass is 19.1. The van der Waals surface area contributed by atoms with Gasteiger partial charge in [0, 0.05) is 18.4 Å². The second-order valence-electron chi connectivity index (χ2n) is 4.93. The van der Waals surface area contributed by atoms with Crippen molar-refractivity contribution in [1.82, 2.24) is 0 Å². The summed E-state index contributed by atoms with van der Waals surface area (Å²) in [5.41, 5.74) is 8.39. The van der Waals surface area contributed by atoms with Crippen LogP contribution in [0.3, 0.4) is 0 Å². The lowest BCUT2D eigenvalue weighted by Gasteiger charge is -2.19. The average Bonchev–Trinajstić information content (AvgIpc) is 2.43. The molecule has 0 spiro atoms. The minimum absolute atomic E-state index is 0.0503. The smallest absolute Gasteiger partial charge is 0.243 e. The van der Waals surface area contributed by atoms with Crippen LogP contribution in [0, 0.1) is 12.7 Å². The highest BCUT2D eigenvalue weighted by molar-refractivity contribution is 5.94. The lowest BCUT2D eigenvalue weighted by Crippen LogP contribution is -2.30. The Morgan fingerprint density at radius 3 is 2.67 bits per heavy atom. The quantitative estimate of drug-likeness (QED) is 0.850. The van der Waals surface area contributed by atoms with Gasteiger partial charge in [-0.2, -0.15) is 0 Å². The maximum atomic E-state index is 13.6. The minimum atomic E-state index is -0.354. The van der Waals surface area contributed by atoms with Crippen molar-refractivity contribution in [3.8, 4) is 0 Å². The van der Waals surface area contributed by atoms with E-state index in [1.807, 2.05) is 13.0 Å². The number of rotatable bonds is 4. The Balaban J connectivity index is 2.01. The largest absolute Gasteiger partial charge is 0.398 e. The van der Waals surface area contributed by atoms with Gasteiger partial charge in [0.05, 0.1) is 12.2 Å². The van der Waals surface area contributed by atoms with Gasteiger partial charge in [0.15, 0.2) is 0 Å². The summed E-state index contributed by atoms with van der Waals surface area (Å²) in [6.45, 7) is 1.95. The molecule has 1 amide bonds. The van der Waals surface area contributed by atoms with Gasteiger partial charge in [-0.3, -0.25) is 4.79 Å². The maximum Gasteiger partial charge on any atom is 0.243 e. The van der Waals surface area contributed by atoms with Crippen LogP contribution in [0.2, 0.25) is 0 Å². The summed E-state index contributed by atoms with van der Waals surface area (Å²) in [7, 11) is 1.67. The summed E-state index contributed by atoms with van der Waals surface area (Å²) in [6.07, 6.45) is 0. The Morgan fingerprint density at radius 2 is 2.00 bits per heavy atom. The Labute approximate surface area is 123 Å². The zero-order chi connectivity index (χ0) is 15.4.